The van der Waals surface area contributed by atoms with Crippen molar-refractivity contribution in [2.24, 2.45) is 5.92 Å². The summed E-state index contributed by atoms with van der Waals surface area (Å²) in [4.78, 5) is 3.98. The topological polar surface area (TPSA) is 96.0 Å². The van der Waals surface area contributed by atoms with Gasteiger partial charge >= 0.3 is 0 Å². The van der Waals surface area contributed by atoms with Crippen molar-refractivity contribution >= 4 is 0 Å². The van der Waals surface area contributed by atoms with Crippen LogP contribution in [-0.2, 0) is 55.8 Å². The SMILES string of the molecule is C.CC(C)OC1CCOCC1.CC(C)OC1COC1.CC(C)OCC1CCC1.CC(C)OCC1CCO1.CC(C)OCc1ccccc1.CC(C)OCc1cccnc1. The van der Waals surface area contributed by atoms with E-state index in [9.17, 15) is 0 Å². The van der Waals surface area contributed by atoms with E-state index in [0.717, 1.165) is 77.2 Å². The van der Waals surface area contributed by atoms with E-state index in [1.54, 1.807) is 6.20 Å². The van der Waals surface area contributed by atoms with Crippen molar-refractivity contribution in [2.45, 2.75) is 197 Å². The summed E-state index contributed by atoms with van der Waals surface area (Å²) in [5, 5.41) is 0. The Morgan fingerprint density at radius 2 is 1.05 bits per heavy atom. The molecule has 10 heteroatoms. The Hall–Kier alpha value is -1.99. The maximum atomic E-state index is 5.61. The summed E-state index contributed by atoms with van der Waals surface area (Å²) in [5.41, 5.74) is 2.36. The number of rotatable bonds is 16. The molecule has 2 aromatic rings. The molecule has 0 bridgehead atoms. The van der Waals surface area contributed by atoms with E-state index in [0.29, 0.717) is 55.4 Å². The molecule has 0 spiro atoms. The zero-order valence-corrected chi connectivity index (χ0v) is 38.7. The van der Waals surface area contributed by atoms with Crippen LogP contribution in [0.25, 0.3) is 0 Å². The van der Waals surface area contributed by atoms with Crippen LogP contribution in [0.5, 0.6) is 0 Å². The molecule has 10 nitrogen and oxygen atoms in total. The highest BCUT2D eigenvalue weighted by atomic mass is 16.6. The quantitative estimate of drug-likeness (QED) is 0.163. The Labute approximate surface area is 362 Å². The second-order valence-electron chi connectivity index (χ2n) is 16.7. The third-order valence-electron chi connectivity index (χ3n) is 8.74. The number of pyridine rings is 1. The van der Waals surface area contributed by atoms with Crippen LogP contribution in [0.2, 0.25) is 0 Å². The number of ether oxygens (including phenoxy) is 9. The van der Waals surface area contributed by atoms with Gasteiger partial charge in [-0.25, -0.2) is 0 Å². The van der Waals surface area contributed by atoms with Gasteiger partial charge in [0, 0.05) is 38.8 Å². The monoisotopic (exact) mass is 836 g/mol. The van der Waals surface area contributed by atoms with Crippen molar-refractivity contribution in [2.75, 3.05) is 46.2 Å². The summed E-state index contributed by atoms with van der Waals surface area (Å²) in [6.07, 6.45) is 14.4. The smallest absolute Gasteiger partial charge is 0.104 e. The summed E-state index contributed by atoms with van der Waals surface area (Å²) >= 11 is 0. The summed E-state index contributed by atoms with van der Waals surface area (Å²) in [6, 6.07) is 14.1. The molecule has 1 unspecified atom stereocenters. The number of hydrogen-bond donors (Lipinski definition) is 0. The van der Waals surface area contributed by atoms with E-state index >= 15 is 0 Å². The van der Waals surface area contributed by atoms with Gasteiger partial charge in [0.15, 0.2) is 0 Å². The lowest BCUT2D eigenvalue weighted by Crippen LogP contribution is -2.37. The van der Waals surface area contributed by atoms with E-state index < -0.39 is 0 Å². The van der Waals surface area contributed by atoms with Crippen molar-refractivity contribution in [3.63, 3.8) is 0 Å². The van der Waals surface area contributed by atoms with Crippen LogP contribution in [0, 0.1) is 5.92 Å². The van der Waals surface area contributed by atoms with Gasteiger partial charge in [-0.05, 0) is 138 Å². The van der Waals surface area contributed by atoms with E-state index in [1.165, 1.54) is 31.2 Å². The molecule has 4 heterocycles. The second kappa shape index (κ2) is 36.6. The van der Waals surface area contributed by atoms with Crippen LogP contribution < -0.4 is 0 Å². The largest absolute Gasteiger partial charge is 0.381 e. The van der Waals surface area contributed by atoms with Gasteiger partial charge in [-0.15, -0.1) is 0 Å². The lowest BCUT2D eigenvalue weighted by atomic mass is 9.86. The summed E-state index contributed by atoms with van der Waals surface area (Å²) in [5.74, 6) is 0.896. The van der Waals surface area contributed by atoms with E-state index in [1.807, 2.05) is 91.9 Å². The molecule has 1 saturated carbocycles. The maximum Gasteiger partial charge on any atom is 0.104 e. The summed E-state index contributed by atoms with van der Waals surface area (Å²) < 4.78 is 47.8. The number of hydrogen-bond acceptors (Lipinski definition) is 10. The van der Waals surface area contributed by atoms with E-state index in [4.69, 9.17) is 42.6 Å². The number of aromatic nitrogens is 1. The van der Waals surface area contributed by atoms with Gasteiger partial charge in [0.05, 0.1) is 81.9 Å². The fourth-order valence-electron chi connectivity index (χ4n) is 5.16. The minimum atomic E-state index is 0. The number of benzene rings is 1. The molecule has 1 aliphatic carbocycles. The van der Waals surface area contributed by atoms with Gasteiger partial charge in [0.2, 0.25) is 0 Å². The molecular formula is C49H89NO9. The Morgan fingerprint density at radius 1 is 0.542 bits per heavy atom. The first-order valence-corrected chi connectivity index (χ1v) is 22.2. The molecule has 1 aromatic carbocycles. The molecule has 0 radical (unpaired) electrons. The Balaban J connectivity index is 0.000000684. The second-order valence-corrected chi connectivity index (χ2v) is 16.7. The lowest BCUT2D eigenvalue weighted by Gasteiger charge is -2.27. The van der Waals surface area contributed by atoms with Gasteiger partial charge < -0.3 is 42.6 Å². The molecule has 1 atom stereocenters. The molecular weight excluding hydrogens is 747 g/mol. The molecule has 4 fully saturated rings. The minimum Gasteiger partial charge on any atom is -0.381 e. The van der Waals surface area contributed by atoms with Crippen LogP contribution in [0.15, 0.2) is 54.9 Å². The van der Waals surface area contributed by atoms with E-state index in [-0.39, 0.29) is 13.5 Å². The van der Waals surface area contributed by atoms with Crippen molar-refractivity contribution in [1.82, 2.24) is 4.98 Å². The highest BCUT2D eigenvalue weighted by molar-refractivity contribution is 5.13. The van der Waals surface area contributed by atoms with E-state index in [2.05, 4.69) is 44.8 Å². The third kappa shape index (κ3) is 35.3. The fraction of sp³-hybridized carbons (Fsp3) is 0.776. The predicted octanol–water partition coefficient (Wildman–Crippen LogP) is 11.1. The van der Waals surface area contributed by atoms with Crippen LogP contribution in [0.4, 0.5) is 0 Å². The number of nitrogens with zero attached hydrogens (tertiary/aromatic N) is 1. The third-order valence-corrected chi connectivity index (χ3v) is 8.74. The van der Waals surface area contributed by atoms with Crippen molar-refractivity contribution in [3.8, 4) is 0 Å². The zero-order chi connectivity index (χ0) is 43.0. The molecule has 0 amide bonds. The molecule has 0 N–H and O–H groups in total. The lowest BCUT2D eigenvalue weighted by molar-refractivity contribution is -0.146. The van der Waals surface area contributed by atoms with Gasteiger partial charge in [-0.1, -0.05) is 50.2 Å². The first-order chi connectivity index (χ1) is 27.7. The normalized spacial score (nSPS) is 17.6. The molecule has 3 saturated heterocycles. The standard InChI is InChI=1S/C10H14O.C9H13NO.C8H16O2.C8H16O.C7H14O2.C6H12O2.CH4/c1-9(2)11-8-10-6-4-3-5-7-10;1-8(2)11-7-9-4-3-5-10-6-9;1-7(2)10-8-3-5-9-6-4-8;1-7(2)9-6-8-4-3-5-8;1-6(2)9-5-7-3-4-8-7;1-5(2)8-6-3-7-4-6;/h3-7,9H,8H2,1-2H3;3-6,8H,7H2,1-2H3;7-8H,3-6H2,1-2H3;7-8H,3-6H2,1-2H3;6-7H,3-5H2,1-2H3;5-6H,3-4H2,1-2H3;1H4. The average molecular weight is 836 g/mol. The van der Waals surface area contributed by atoms with Gasteiger partial charge in [-0.3, -0.25) is 4.98 Å². The van der Waals surface area contributed by atoms with Crippen LogP contribution in [0.1, 0.15) is 140 Å². The van der Waals surface area contributed by atoms with Gasteiger partial charge in [-0.2, -0.15) is 0 Å². The van der Waals surface area contributed by atoms with Crippen molar-refractivity contribution in [1.29, 1.82) is 0 Å². The molecule has 1 aromatic heterocycles. The van der Waals surface area contributed by atoms with Gasteiger partial charge in [0.1, 0.15) is 6.10 Å². The highest BCUT2D eigenvalue weighted by Gasteiger charge is 2.20. The maximum absolute atomic E-state index is 5.61. The Morgan fingerprint density at radius 3 is 1.44 bits per heavy atom. The Bertz CT molecular complexity index is 1080. The van der Waals surface area contributed by atoms with Crippen LogP contribution in [-0.4, -0.2) is 106 Å². The summed E-state index contributed by atoms with van der Waals surface area (Å²) in [6.45, 7) is 32.0. The molecule has 59 heavy (non-hydrogen) atoms. The van der Waals surface area contributed by atoms with Crippen molar-refractivity contribution in [3.05, 3.63) is 66.0 Å². The molecule has 344 valence electrons. The first kappa shape index (κ1) is 57.0. The minimum absolute atomic E-state index is 0. The van der Waals surface area contributed by atoms with Crippen molar-refractivity contribution < 1.29 is 42.6 Å². The first-order valence-electron chi connectivity index (χ1n) is 22.2. The Kier molecular flexibility index (Phi) is 35.4. The highest BCUT2D eigenvalue weighted by Crippen LogP contribution is 2.26. The molecule has 4 aliphatic rings. The van der Waals surface area contributed by atoms with Crippen LogP contribution in [0.3, 0.4) is 0 Å². The predicted molar refractivity (Wildman–Crippen MR) is 242 cm³/mol. The zero-order valence-electron chi connectivity index (χ0n) is 38.7. The van der Waals surface area contributed by atoms with Gasteiger partial charge in [0.25, 0.3) is 0 Å². The fourth-order valence-corrected chi connectivity index (χ4v) is 5.16. The van der Waals surface area contributed by atoms with Crippen LogP contribution >= 0.6 is 0 Å². The summed E-state index contributed by atoms with van der Waals surface area (Å²) in [7, 11) is 0. The average Bonchev–Trinajstić information content (AvgIpc) is 3.12. The molecule has 3 aliphatic heterocycles. The molecule has 6 rings (SSSR count).